The topological polar surface area (TPSA) is 77.5 Å². The van der Waals surface area contributed by atoms with Crippen molar-refractivity contribution in [1.82, 2.24) is 9.78 Å². The molecule has 3 rings (SSSR count). The molecule has 3 N–H and O–H groups in total. The first-order chi connectivity index (χ1) is 11.0. The minimum Gasteiger partial charge on any atom is -0.382 e. The first-order valence-corrected chi connectivity index (χ1v) is 7.52. The summed E-state index contributed by atoms with van der Waals surface area (Å²) in [4.78, 5) is 4.53. The van der Waals surface area contributed by atoms with E-state index in [4.69, 9.17) is 10.5 Å². The fraction of sp³-hybridized carbons (Fsp3) is 0.375. The van der Waals surface area contributed by atoms with Crippen molar-refractivity contribution in [2.45, 2.75) is 25.9 Å². The van der Waals surface area contributed by atoms with Gasteiger partial charge in [0.2, 0.25) is 0 Å². The Morgan fingerprint density at radius 1 is 1.43 bits per heavy atom. The lowest BCUT2D eigenvalue weighted by Gasteiger charge is -2.31. The Labute approximate surface area is 134 Å². The zero-order valence-corrected chi connectivity index (χ0v) is 13.2. The van der Waals surface area contributed by atoms with E-state index in [9.17, 15) is 4.39 Å². The number of fused-ring (bicyclic) bond motifs is 1. The second-order valence-corrected chi connectivity index (χ2v) is 5.65. The molecule has 2 aromatic rings. The van der Waals surface area contributed by atoms with E-state index in [1.807, 2.05) is 13.8 Å². The molecule has 1 atom stereocenters. The second-order valence-electron chi connectivity index (χ2n) is 5.65. The van der Waals surface area contributed by atoms with E-state index < -0.39 is 5.54 Å². The molecule has 0 fully saturated rings. The second kappa shape index (κ2) is 6.00. The van der Waals surface area contributed by atoms with Crippen LogP contribution in [0.1, 0.15) is 25.1 Å². The van der Waals surface area contributed by atoms with Crippen molar-refractivity contribution in [1.29, 1.82) is 0 Å². The van der Waals surface area contributed by atoms with Crippen LogP contribution in [0.3, 0.4) is 0 Å². The number of benzene rings is 1. The number of nitrogens with zero attached hydrogens (tertiary/aromatic N) is 3. The fourth-order valence-electron chi connectivity index (χ4n) is 2.76. The molecule has 0 spiro atoms. The molecule has 0 aliphatic carbocycles. The Kier molecular flexibility index (Phi) is 4.04. The molecule has 7 heteroatoms. The van der Waals surface area contributed by atoms with Crippen LogP contribution in [0, 0.1) is 5.82 Å². The monoisotopic (exact) mass is 317 g/mol. The Morgan fingerprint density at radius 2 is 2.26 bits per heavy atom. The highest BCUT2D eigenvalue weighted by Gasteiger charge is 2.35. The third-order valence-corrected chi connectivity index (χ3v) is 3.93. The normalized spacial score (nSPS) is 20.0. The zero-order chi connectivity index (χ0) is 16.4. The molecule has 1 unspecified atom stereocenters. The van der Waals surface area contributed by atoms with E-state index in [2.05, 4.69) is 15.4 Å². The van der Waals surface area contributed by atoms with Gasteiger partial charge in [-0.05, 0) is 38.1 Å². The molecule has 0 bridgehead atoms. The molecule has 0 saturated carbocycles. The van der Waals surface area contributed by atoms with E-state index in [1.165, 1.54) is 6.07 Å². The van der Waals surface area contributed by atoms with Gasteiger partial charge in [-0.2, -0.15) is 5.10 Å². The number of halogens is 1. The molecule has 23 heavy (non-hydrogen) atoms. The van der Waals surface area contributed by atoms with Gasteiger partial charge in [-0.3, -0.25) is 9.67 Å². The van der Waals surface area contributed by atoms with Crippen LogP contribution < -0.4 is 11.1 Å². The van der Waals surface area contributed by atoms with Crippen molar-refractivity contribution in [2.75, 3.05) is 18.7 Å². The summed E-state index contributed by atoms with van der Waals surface area (Å²) < 4.78 is 21.4. The van der Waals surface area contributed by atoms with Gasteiger partial charge in [-0.1, -0.05) is 0 Å². The minimum absolute atomic E-state index is 0.318. The van der Waals surface area contributed by atoms with E-state index >= 15 is 0 Å². The number of hydrogen-bond acceptors (Lipinski definition) is 5. The number of rotatable bonds is 5. The average Bonchev–Trinajstić information content (AvgIpc) is 2.97. The fourth-order valence-corrected chi connectivity index (χ4v) is 2.76. The number of aromatic nitrogens is 2. The summed E-state index contributed by atoms with van der Waals surface area (Å²) in [7, 11) is 0. The van der Waals surface area contributed by atoms with Crippen LogP contribution in [0.5, 0.6) is 0 Å². The SMILES string of the molecule is CCOCNc1ccc(F)c(C2(C)Cn3nccc3C(N)=N2)c1. The van der Waals surface area contributed by atoms with E-state index in [-0.39, 0.29) is 5.82 Å². The summed E-state index contributed by atoms with van der Waals surface area (Å²) in [5, 5.41) is 7.34. The van der Waals surface area contributed by atoms with Gasteiger partial charge in [-0.15, -0.1) is 0 Å². The molecule has 1 aromatic carbocycles. The van der Waals surface area contributed by atoms with Gasteiger partial charge in [0, 0.05) is 24.1 Å². The Bertz CT molecular complexity index is 742. The molecule has 6 nitrogen and oxygen atoms in total. The van der Waals surface area contributed by atoms with Gasteiger partial charge in [0.15, 0.2) is 0 Å². The molecule has 0 amide bonds. The van der Waals surface area contributed by atoms with Gasteiger partial charge in [-0.25, -0.2) is 4.39 Å². The standard InChI is InChI=1S/C16H20FN5O/c1-3-23-10-19-11-4-5-13(17)12(8-11)16(2)9-22-14(6-7-20-22)15(18)21-16/h4-8,19H,3,9-10H2,1-2H3,(H2,18,21). The zero-order valence-electron chi connectivity index (χ0n) is 13.2. The lowest BCUT2D eigenvalue weighted by atomic mass is 9.90. The highest BCUT2D eigenvalue weighted by Crippen LogP contribution is 2.34. The number of nitrogens with two attached hydrogens (primary N) is 1. The van der Waals surface area contributed by atoms with Gasteiger partial charge in [0.1, 0.15) is 29.6 Å². The molecule has 1 aliphatic heterocycles. The van der Waals surface area contributed by atoms with Crippen LogP contribution >= 0.6 is 0 Å². The predicted octanol–water partition coefficient (Wildman–Crippen LogP) is 2.06. The van der Waals surface area contributed by atoms with E-state index in [0.29, 0.717) is 31.3 Å². The minimum atomic E-state index is -0.809. The van der Waals surface area contributed by atoms with E-state index in [0.717, 1.165) is 11.4 Å². The van der Waals surface area contributed by atoms with Crippen LogP contribution in [0.4, 0.5) is 10.1 Å². The lowest BCUT2D eigenvalue weighted by molar-refractivity contribution is 0.167. The van der Waals surface area contributed by atoms with E-state index in [1.54, 1.807) is 29.1 Å². The highest BCUT2D eigenvalue weighted by molar-refractivity contribution is 5.96. The maximum Gasteiger partial charge on any atom is 0.145 e. The van der Waals surface area contributed by atoms with Crippen LogP contribution in [0.2, 0.25) is 0 Å². The molecular weight excluding hydrogens is 297 g/mol. The quantitative estimate of drug-likeness (QED) is 0.654. The number of nitrogens with one attached hydrogen (secondary N) is 1. The van der Waals surface area contributed by atoms with Crippen molar-refractivity contribution in [3.63, 3.8) is 0 Å². The summed E-state index contributed by atoms with van der Waals surface area (Å²) in [6.07, 6.45) is 1.67. The third kappa shape index (κ3) is 2.92. The molecule has 122 valence electrons. The van der Waals surface area contributed by atoms with Crippen LogP contribution in [-0.2, 0) is 16.8 Å². The number of amidine groups is 1. The van der Waals surface area contributed by atoms with Crippen molar-refractivity contribution >= 4 is 11.5 Å². The predicted molar refractivity (Wildman–Crippen MR) is 86.8 cm³/mol. The molecule has 1 aromatic heterocycles. The molecular formula is C16H20FN5O. The first kappa shape index (κ1) is 15.5. The Hall–Kier alpha value is -2.41. The highest BCUT2D eigenvalue weighted by atomic mass is 19.1. The number of ether oxygens (including phenoxy) is 1. The Balaban J connectivity index is 1.94. The van der Waals surface area contributed by atoms with Gasteiger partial charge in [0.05, 0.1) is 6.54 Å². The van der Waals surface area contributed by atoms with Crippen molar-refractivity contribution in [3.8, 4) is 0 Å². The summed E-state index contributed by atoms with van der Waals surface area (Å²) in [5.74, 6) is 0.0462. The van der Waals surface area contributed by atoms with Crippen molar-refractivity contribution < 1.29 is 9.13 Å². The molecule has 2 heterocycles. The number of aliphatic imine (C=N–C) groups is 1. The lowest BCUT2D eigenvalue weighted by Crippen LogP contribution is -2.37. The third-order valence-electron chi connectivity index (χ3n) is 3.93. The number of anilines is 1. The van der Waals surface area contributed by atoms with Gasteiger partial charge < -0.3 is 15.8 Å². The summed E-state index contributed by atoms with van der Waals surface area (Å²) >= 11 is 0. The average molecular weight is 317 g/mol. The first-order valence-electron chi connectivity index (χ1n) is 7.52. The number of hydrogen-bond donors (Lipinski definition) is 2. The molecule has 0 saturated heterocycles. The van der Waals surface area contributed by atoms with Crippen molar-refractivity contribution in [2.24, 2.45) is 10.7 Å². The summed E-state index contributed by atoms with van der Waals surface area (Å²) in [6, 6.07) is 6.66. The maximum absolute atomic E-state index is 14.4. The van der Waals surface area contributed by atoms with Crippen LogP contribution in [0.25, 0.3) is 0 Å². The smallest absolute Gasteiger partial charge is 0.145 e. The maximum atomic E-state index is 14.4. The summed E-state index contributed by atoms with van der Waals surface area (Å²) in [6.45, 7) is 5.19. The largest absolute Gasteiger partial charge is 0.382 e. The van der Waals surface area contributed by atoms with Gasteiger partial charge in [0.25, 0.3) is 0 Å². The van der Waals surface area contributed by atoms with Gasteiger partial charge >= 0.3 is 0 Å². The Morgan fingerprint density at radius 3 is 3.04 bits per heavy atom. The molecule has 0 radical (unpaired) electrons. The van der Waals surface area contributed by atoms with Crippen molar-refractivity contribution in [3.05, 3.63) is 47.5 Å². The summed E-state index contributed by atoms with van der Waals surface area (Å²) in [5.41, 5.74) is 7.22. The van der Waals surface area contributed by atoms with Crippen LogP contribution in [-0.4, -0.2) is 29.0 Å². The van der Waals surface area contributed by atoms with Crippen LogP contribution in [0.15, 0.2) is 35.5 Å². The molecule has 1 aliphatic rings.